The monoisotopic (exact) mass is 198 g/mol. The molecule has 0 amide bonds. The van der Waals surface area contributed by atoms with Gasteiger partial charge in [-0.1, -0.05) is 6.08 Å². The van der Waals surface area contributed by atoms with Crippen LogP contribution in [0.5, 0.6) is 0 Å². The van der Waals surface area contributed by atoms with Gasteiger partial charge in [0.15, 0.2) is 0 Å². The molecule has 0 fully saturated rings. The van der Waals surface area contributed by atoms with Gasteiger partial charge in [-0.2, -0.15) is 0 Å². The molecule has 1 rings (SSSR count). The van der Waals surface area contributed by atoms with Gasteiger partial charge in [0.2, 0.25) is 0 Å². The van der Waals surface area contributed by atoms with Crippen LogP contribution in [0.3, 0.4) is 0 Å². The zero-order valence-corrected chi connectivity index (χ0v) is 8.86. The molecule has 0 atom stereocenters. The molecule has 80 valence electrons. The highest BCUT2D eigenvalue weighted by Crippen LogP contribution is 2.09. The summed E-state index contributed by atoms with van der Waals surface area (Å²) in [5, 5.41) is 8.83. The molecule has 0 radical (unpaired) electrons. The number of carboxylic acids is 1. The van der Waals surface area contributed by atoms with Gasteiger partial charge in [0.25, 0.3) is 0 Å². The zero-order valence-electron chi connectivity index (χ0n) is 8.86. The second-order valence-electron chi connectivity index (χ2n) is 3.90. The smallest absolute Gasteiger partial charge is 0.332 e. The van der Waals surface area contributed by atoms with Gasteiger partial charge in [0, 0.05) is 31.8 Å². The van der Waals surface area contributed by atoms with Crippen molar-refractivity contribution in [2.24, 2.45) is 0 Å². The van der Waals surface area contributed by atoms with Gasteiger partial charge in [-0.05, 0) is 20.5 Å². The molecule has 4 nitrogen and oxygen atoms in total. The average Bonchev–Trinajstić information content (AvgIpc) is 2.15. The van der Waals surface area contributed by atoms with Gasteiger partial charge in [-0.15, -0.1) is 0 Å². The number of likely N-dealkylation sites (N-methyl/N-ethyl adjacent to an activating group) is 1. The predicted molar refractivity (Wildman–Crippen MR) is 55.3 cm³/mol. The van der Waals surface area contributed by atoms with Crippen LogP contribution in [0.15, 0.2) is 11.6 Å². The van der Waals surface area contributed by atoms with E-state index in [-0.39, 0.29) is 0 Å². The Hall–Kier alpha value is -0.870. The summed E-state index contributed by atoms with van der Waals surface area (Å²) in [7, 11) is 4.05. The largest absolute Gasteiger partial charge is 0.478 e. The zero-order chi connectivity index (χ0) is 10.6. The van der Waals surface area contributed by atoms with Crippen molar-refractivity contribution in [1.82, 2.24) is 9.80 Å². The molecule has 4 heteroatoms. The lowest BCUT2D eigenvalue weighted by atomic mass is 10.1. The molecule has 0 aromatic rings. The van der Waals surface area contributed by atoms with Gasteiger partial charge >= 0.3 is 5.97 Å². The van der Waals surface area contributed by atoms with Crippen molar-refractivity contribution >= 4 is 5.97 Å². The van der Waals surface area contributed by atoms with Crippen LogP contribution >= 0.6 is 0 Å². The van der Waals surface area contributed by atoms with Crippen molar-refractivity contribution in [3.05, 3.63) is 11.6 Å². The lowest BCUT2D eigenvalue weighted by Gasteiger charge is -2.26. The molecule has 14 heavy (non-hydrogen) atoms. The topological polar surface area (TPSA) is 43.8 Å². The van der Waals surface area contributed by atoms with Crippen molar-refractivity contribution in [2.75, 3.05) is 40.3 Å². The van der Waals surface area contributed by atoms with Crippen LogP contribution in [0.4, 0.5) is 0 Å². The molecule has 0 aliphatic carbocycles. The summed E-state index contributed by atoms with van der Waals surface area (Å²) < 4.78 is 0. The van der Waals surface area contributed by atoms with Crippen LogP contribution in [0.2, 0.25) is 0 Å². The second kappa shape index (κ2) is 5.12. The fourth-order valence-electron chi connectivity index (χ4n) is 1.49. The fraction of sp³-hybridized carbons (Fsp3) is 0.700. The minimum atomic E-state index is -0.778. The molecule has 1 aliphatic rings. The number of aliphatic carboxylic acids is 1. The van der Waals surface area contributed by atoms with Gasteiger partial charge in [-0.25, -0.2) is 4.79 Å². The summed E-state index contributed by atoms with van der Waals surface area (Å²) in [5.74, 6) is -0.778. The lowest BCUT2D eigenvalue weighted by molar-refractivity contribution is -0.133. The van der Waals surface area contributed by atoms with E-state index in [0.717, 1.165) is 26.1 Å². The first-order chi connectivity index (χ1) is 6.59. The summed E-state index contributed by atoms with van der Waals surface area (Å²) in [5.41, 5.74) is 0.537. The molecular formula is C10H18N2O2. The van der Waals surface area contributed by atoms with Gasteiger partial charge in [-0.3, -0.25) is 4.90 Å². The van der Waals surface area contributed by atoms with E-state index in [4.69, 9.17) is 5.11 Å². The third kappa shape index (κ3) is 3.47. The maximum Gasteiger partial charge on any atom is 0.332 e. The first-order valence-electron chi connectivity index (χ1n) is 4.89. The number of hydrogen-bond donors (Lipinski definition) is 1. The molecule has 1 aliphatic heterocycles. The Balaban J connectivity index is 2.37. The fourth-order valence-corrected chi connectivity index (χ4v) is 1.49. The van der Waals surface area contributed by atoms with Crippen LogP contribution < -0.4 is 0 Å². The molecule has 1 heterocycles. The number of nitrogens with zero attached hydrogens (tertiary/aromatic N) is 2. The Labute approximate surface area is 84.8 Å². The van der Waals surface area contributed by atoms with E-state index in [1.807, 2.05) is 20.2 Å². The van der Waals surface area contributed by atoms with Crippen LogP contribution in [-0.2, 0) is 4.79 Å². The minimum absolute atomic E-state index is 0.537. The highest BCUT2D eigenvalue weighted by molar-refractivity contribution is 5.87. The molecule has 0 bridgehead atoms. The summed E-state index contributed by atoms with van der Waals surface area (Å²) in [6.45, 7) is 3.48. The van der Waals surface area contributed by atoms with E-state index in [0.29, 0.717) is 12.1 Å². The van der Waals surface area contributed by atoms with Crippen LogP contribution in [0, 0.1) is 0 Å². The van der Waals surface area contributed by atoms with Gasteiger partial charge < -0.3 is 10.0 Å². The van der Waals surface area contributed by atoms with Crippen LogP contribution in [0.1, 0.15) is 6.42 Å². The van der Waals surface area contributed by atoms with Crippen molar-refractivity contribution in [3.63, 3.8) is 0 Å². The second-order valence-corrected chi connectivity index (χ2v) is 3.90. The first-order valence-corrected chi connectivity index (χ1v) is 4.89. The first kappa shape index (κ1) is 11.2. The standard InChI is InChI=1S/C10H18N2O2/c1-11(2)6-7-12-5-3-4-9(8-12)10(13)14/h4H,3,5-8H2,1-2H3,(H,13,14). The maximum absolute atomic E-state index is 10.7. The molecule has 0 spiro atoms. The van der Waals surface area contributed by atoms with Crippen LogP contribution in [0.25, 0.3) is 0 Å². The van der Waals surface area contributed by atoms with E-state index >= 15 is 0 Å². The number of carboxylic acid groups (broad SMARTS) is 1. The molecule has 1 N–H and O–H groups in total. The Kier molecular flexibility index (Phi) is 4.10. The van der Waals surface area contributed by atoms with Gasteiger partial charge in [0.05, 0.1) is 0 Å². The third-order valence-corrected chi connectivity index (χ3v) is 2.37. The highest BCUT2D eigenvalue weighted by atomic mass is 16.4. The Morgan fingerprint density at radius 1 is 1.64 bits per heavy atom. The molecular weight excluding hydrogens is 180 g/mol. The summed E-state index contributed by atoms with van der Waals surface area (Å²) >= 11 is 0. The summed E-state index contributed by atoms with van der Waals surface area (Å²) in [4.78, 5) is 15.0. The predicted octanol–water partition coefficient (Wildman–Crippen LogP) is 0.265. The third-order valence-electron chi connectivity index (χ3n) is 2.37. The van der Waals surface area contributed by atoms with Crippen LogP contribution in [-0.4, -0.2) is 61.2 Å². The minimum Gasteiger partial charge on any atom is -0.478 e. The van der Waals surface area contributed by atoms with Crippen molar-refractivity contribution < 1.29 is 9.90 Å². The van der Waals surface area contributed by atoms with Crippen molar-refractivity contribution in [1.29, 1.82) is 0 Å². The molecule has 0 unspecified atom stereocenters. The SMILES string of the molecule is CN(C)CCN1CCC=C(C(=O)O)C1. The number of carbonyl (C=O) groups is 1. The Morgan fingerprint density at radius 3 is 2.93 bits per heavy atom. The van der Waals surface area contributed by atoms with E-state index in [1.54, 1.807) is 0 Å². The van der Waals surface area contributed by atoms with E-state index in [1.165, 1.54) is 0 Å². The van der Waals surface area contributed by atoms with Gasteiger partial charge in [0.1, 0.15) is 0 Å². The van der Waals surface area contributed by atoms with E-state index < -0.39 is 5.97 Å². The Bertz CT molecular complexity index is 236. The van der Waals surface area contributed by atoms with E-state index in [9.17, 15) is 4.79 Å². The molecule has 0 aromatic heterocycles. The summed E-state index contributed by atoms with van der Waals surface area (Å²) in [6.07, 6.45) is 2.68. The molecule has 0 aromatic carbocycles. The average molecular weight is 198 g/mol. The highest BCUT2D eigenvalue weighted by Gasteiger charge is 2.16. The Morgan fingerprint density at radius 2 is 2.36 bits per heavy atom. The quantitative estimate of drug-likeness (QED) is 0.704. The normalized spacial score (nSPS) is 18.4. The van der Waals surface area contributed by atoms with E-state index in [2.05, 4.69) is 9.80 Å². The lowest BCUT2D eigenvalue weighted by Crippen LogP contribution is -2.37. The molecule has 0 saturated carbocycles. The number of hydrogen-bond acceptors (Lipinski definition) is 3. The van der Waals surface area contributed by atoms with Crippen molar-refractivity contribution in [3.8, 4) is 0 Å². The number of rotatable bonds is 4. The maximum atomic E-state index is 10.7. The molecule has 0 saturated heterocycles. The summed E-state index contributed by atoms with van der Waals surface area (Å²) in [6, 6.07) is 0. The van der Waals surface area contributed by atoms with Crippen molar-refractivity contribution in [2.45, 2.75) is 6.42 Å².